The summed E-state index contributed by atoms with van der Waals surface area (Å²) in [6.07, 6.45) is -3.27. The molecule has 1 fully saturated rings. The monoisotopic (exact) mass is 424 g/mol. The smallest absolute Gasteiger partial charge is 0.352 e. The first-order valence-corrected chi connectivity index (χ1v) is 9.60. The van der Waals surface area contributed by atoms with Crippen LogP contribution in [0.4, 0.5) is 13.2 Å². The molecule has 0 saturated carbocycles. The van der Waals surface area contributed by atoms with E-state index in [2.05, 4.69) is 5.32 Å². The molecule has 0 unspecified atom stereocenters. The van der Waals surface area contributed by atoms with Gasteiger partial charge in [-0.15, -0.1) is 0 Å². The van der Waals surface area contributed by atoms with Crippen molar-refractivity contribution in [1.29, 1.82) is 0 Å². The lowest BCUT2D eigenvalue weighted by Gasteiger charge is -2.32. The van der Waals surface area contributed by atoms with Gasteiger partial charge in [0, 0.05) is 30.2 Å². The molecule has 2 aromatic carbocycles. The summed E-state index contributed by atoms with van der Waals surface area (Å²) in [5.74, 6) is -1.07. The van der Waals surface area contributed by atoms with Crippen molar-refractivity contribution < 1.29 is 22.8 Å². The number of hydrogen-bond donors (Lipinski definition) is 1. The van der Waals surface area contributed by atoms with Gasteiger partial charge < -0.3 is 10.2 Å². The number of likely N-dealkylation sites (tertiary alicyclic amines) is 1. The zero-order valence-corrected chi connectivity index (χ0v) is 16.3. The van der Waals surface area contributed by atoms with Crippen LogP contribution in [0.5, 0.6) is 0 Å². The van der Waals surface area contributed by atoms with E-state index in [0.717, 1.165) is 17.7 Å². The second-order valence-electron chi connectivity index (χ2n) is 7.01. The Morgan fingerprint density at radius 1 is 1.14 bits per heavy atom. The molecule has 1 atom stereocenters. The maximum Gasteiger partial charge on any atom is 0.416 e. The number of nitrogens with one attached hydrogen (secondary N) is 1. The summed E-state index contributed by atoms with van der Waals surface area (Å²) < 4.78 is 38.7. The SMILES string of the molecule is O=C(NCc1ccc(Cl)cc1)[C@H]1CCCN(C(=O)c2cccc(C(F)(F)F)c2)C1. The van der Waals surface area contributed by atoms with Crippen molar-refractivity contribution in [3.63, 3.8) is 0 Å². The molecule has 1 aliphatic rings. The van der Waals surface area contributed by atoms with Crippen LogP contribution in [0.1, 0.15) is 34.3 Å². The first-order chi connectivity index (χ1) is 13.7. The molecule has 2 amide bonds. The molecule has 2 aromatic rings. The third-order valence-corrected chi connectivity index (χ3v) is 5.15. The Balaban J connectivity index is 1.61. The summed E-state index contributed by atoms with van der Waals surface area (Å²) in [4.78, 5) is 26.6. The average Bonchev–Trinajstić information content (AvgIpc) is 2.72. The Labute approximate surface area is 171 Å². The Hall–Kier alpha value is -2.54. The van der Waals surface area contributed by atoms with Gasteiger partial charge in [-0.2, -0.15) is 13.2 Å². The molecule has 1 saturated heterocycles. The van der Waals surface area contributed by atoms with Crippen molar-refractivity contribution in [3.8, 4) is 0 Å². The van der Waals surface area contributed by atoms with Gasteiger partial charge in [-0.05, 0) is 48.7 Å². The maximum absolute atomic E-state index is 12.9. The van der Waals surface area contributed by atoms with Crippen molar-refractivity contribution in [1.82, 2.24) is 10.2 Å². The number of halogens is 4. The second kappa shape index (κ2) is 8.86. The lowest BCUT2D eigenvalue weighted by Crippen LogP contribution is -2.45. The van der Waals surface area contributed by atoms with E-state index in [1.54, 1.807) is 12.1 Å². The van der Waals surface area contributed by atoms with Crippen LogP contribution in [0.3, 0.4) is 0 Å². The topological polar surface area (TPSA) is 49.4 Å². The quantitative estimate of drug-likeness (QED) is 0.784. The van der Waals surface area contributed by atoms with E-state index >= 15 is 0 Å². The number of rotatable bonds is 4. The van der Waals surface area contributed by atoms with E-state index in [9.17, 15) is 22.8 Å². The van der Waals surface area contributed by atoms with E-state index in [0.29, 0.717) is 31.0 Å². The van der Waals surface area contributed by atoms with Gasteiger partial charge in [0.25, 0.3) is 5.91 Å². The predicted octanol–water partition coefficient (Wildman–Crippen LogP) is 4.53. The number of piperidine rings is 1. The van der Waals surface area contributed by atoms with Crippen LogP contribution in [0.2, 0.25) is 5.02 Å². The molecule has 1 aliphatic heterocycles. The number of benzene rings is 2. The summed E-state index contributed by atoms with van der Waals surface area (Å²) >= 11 is 5.84. The van der Waals surface area contributed by atoms with Gasteiger partial charge in [0.2, 0.25) is 5.91 Å². The van der Waals surface area contributed by atoms with Crippen LogP contribution < -0.4 is 5.32 Å². The predicted molar refractivity (Wildman–Crippen MR) is 103 cm³/mol. The Bertz CT molecular complexity index is 884. The molecule has 29 heavy (non-hydrogen) atoms. The molecule has 0 bridgehead atoms. The molecule has 4 nitrogen and oxygen atoms in total. The molecule has 154 valence electrons. The van der Waals surface area contributed by atoms with Gasteiger partial charge in [-0.25, -0.2) is 0 Å². The van der Waals surface area contributed by atoms with Crippen molar-refractivity contribution >= 4 is 23.4 Å². The van der Waals surface area contributed by atoms with Gasteiger partial charge in [-0.1, -0.05) is 29.8 Å². The fourth-order valence-electron chi connectivity index (χ4n) is 3.32. The molecular weight excluding hydrogens is 405 g/mol. The molecule has 0 spiro atoms. The number of nitrogens with zero attached hydrogens (tertiary/aromatic N) is 1. The van der Waals surface area contributed by atoms with Crippen LogP contribution in [-0.4, -0.2) is 29.8 Å². The van der Waals surface area contributed by atoms with Gasteiger partial charge >= 0.3 is 6.18 Å². The summed E-state index contributed by atoms with van der Waals surface area (Å²) in [5, 5.41) is 3.46. The van der Waals surface area contributed by atoms with Crippen molar-refractivity contribution in [2.24, 2.45) is 5.92 Å². The van der Waals surface area contributed by atoms with Gasteiger partial charge in [0.05, 0.1) is 11.5 Å². The van der Waals surface area contributed by atoms with E-state index in [1.165, 1.54) is 17.0 Å². The van der Waals surface area contributed by atoms with Crippen LogP contribution in [0.15, 0.2) is 48.5 Å². The van der Waals surface area contributed by atoms with E-state index < -0.39 is 23.6 Å². The number of carbonyl (C=O) groups excluding carboxylic acids is 2. The third-order valence-electron chi connectivity index (χ3n) is 4.90. The Kier molecular flexibility index (Phi) is 6.47. The first-order valence-electron chi connectivity index (χ1n) is 9.23. The fraction of sp³-hybridized carbons (Fsp3) is 0.333. The Morgan fingerprint density at radius 3 is 2.55 bits per heavy atom. The molecule has 3 rings (SSSR count). The van der Waals surface area contributed by atoms with Crippen molar-refractivity contribution in [3.05, 3.63) is 70.2 Å². The number of hydrogen-bond acceptors (Lipinski definition) is 2. The van der Waals surface area contributed by atoms with E-state index in [1.807, 2.05) is 12.1 Å². The molecule has 0 aliphatic carbocycles. The third kappa shape index (κ3) is 5.50. The molecule has 1 N–H and O–H groups in total. The van der Waals surface area contributed by atoms with Crippen molar-refractivity contribution in [2.45, 2.75) is 25.6 Å². The standard InChI is InChI=1S/C21H20ClF3N2O2/c22-18-8-6-14(7-9-18)12-26-19(28)16-4-2-10-27(13-16)20(29)15-3-1-5-17(11-15)21(23,24)25/h1,3,5-9,11,16H,2,4,10,12-13H2,(H,26,28)/t16-/m0/s1. The summed E-state index contributed by atoms with van der Waals surface area (Å²) in [6, 6.07) is 11.5. The summed E-state index contributed by atoms with van der Waals surface area (Å²) in [7, 11) is 0. The first kappa shape index (κ1) is 21.2. The van der Waals surface area contributed by atoms with Crippen LogP contribution in [-0.2, 0) is 17.5 Å². The van der Waals surface area contributed by atoms with Crippen LogP contribution in [0, 0.1) is 5.92 Å². The zero-order valence-electron chi connectivity index (χ0n) is 15.5. The molecule has 0 radical (unpaired) electrons. The van der Waals surface area contributed by atoms with Crippen LogP contribution >= 0.6 is 11.6 Å². The highest BCUT2D eigenvalue weighted by atomic mass is 35.5. The van der Waals surface area contributed by atoms with Gasteiger partial charge in [-0.3, -0.25) is 9.59 Å². The minimum absolute atomic E-state index is 0.0259. The summed E-state index contributed by atoms with van der Waals surface area (Å²) in [6.45, 7) is 0.936. The fourth-order valence-corrected chi connectivity index (χ4v) is 3.45. The molecule has 8 heteroatoms. The number of alkyl halides is 3. The van der Waals surface area contributed by atoms with E-state index in [-0.39, 0.29) is 18.0 Å². The minimum atomic E-state index is -4.51. The summed E-state index contributed by atoms with van der Waals surface area (Å²) in [5.41, 5.74) is 0.00937. The molecule has 1 heterocycles. The average molecular weight is 425 g/mol. The normalized spacial score (nSPS) is 17.1. The molecular formula is C21H20ClF3N2O2. The zero-order chi connectivity index (χ0) is 21.0. The largest absolute Gasteiger partial charge is 0.416 e. The lowest BCUT2D eigenvalue weighted by atomic mass is 9.96. The number of carbonyl (C=O) groups is 2. The van der Waals surface area contributed by atoms with Gasteiger partial charge in [0.15, 0.2) is 0 Å². The second-order valence-corrected chi connectivity index (χ2v) is 7.45. The highest BCUT2D eigenvalue weighted by molar-refractivity contribution is 6.30. The van der Waals surface area contributed by atoms with Crippen LogP contribution in [0.25, 0.3) is 0 Å². The number of amides is 2. The van der Waals surface area contributed by atoms with Gasteiger partial charge in [0.1, 0.15) is 0 Å². The highest BCUT2D eigenvalue weighted by Gasteiger charge is 2.33. The highest BCUT2D eigenvalue weighted by Crippen LogP contribution is 2.30. The Morgan fingerprint density at radius 2 is 1.86 bits per heavy atom. The minimum Gasteiger partial charge on any atom is -0.352 e. The van der Waals surface area contributed by atoms with E-state index in [4.69, 9.17) is 11.6 Å². The molecule has 0 aromatic heterocycles. The maximum atomic E-state index is 12.9. The van der Waals surface area contributed by atoms with Crippen molar-refractivity contribution in [2.75, 3.05) is 13.1 Å². The lowest BCUT2D eigenvalue weighted by molar-refractivity contribution is -0.137.